The third-order valence-corrected chi connectivity index (χ3v) is 6.91. The van der Waals surface area contributed by atoms with E-state index in [1.165, 1.54) is 0 Å². The molecular formula is C27H29N7O3. The average Bonchev–Trinajstić information content (AvgIpc) is 3.50. The first-order chi connectivity index (χ1) is 18.2. The number of fused-ring (bicyclic) bond motifs is 4. The third kappa shape index (κ3) is 4.85. The molecule has 190 valence electrons. The Morgan fingerprint density at radius 1 is 1.14 bits per heavy atom. The third-order valence-electron chi connectivity index (χ3n) is 6.91. The van der Waals surface area contributed by atoms with Crippen LogP contribution in [0.5, 0.6) is 5.75 Å². The number of piperidine rings is 1. The van der Waals surface area contributed by atoms with Gasteiger partial charge in [-0.15, -0.1) is 0 Å². The molecule has 0 spiro atoms. The van der Waals surface area contributed by atoms with Crippen molar-refractivity contribution in [1.29, 1.82) is 0 Å². The van der Waals surface area contributed by atoms with Gasteiger partial charge in [-0.2, -0.15) is 10.2 Å². The molecule has 6 rings (SSSR count). The largest absolute Gasteiger partial charge is 0.491 e. The van der Waals surface area contributed by atoms with Crippen LogP contribution in [0.2, 0.25) is 0 Å². The van der Waals surface area contributed by atoms with Gasteiger partial charge in [-0.05, 0) is 62.3 Å². The van der Waals surface area contributed by atoms with E-state index < -0.39 is 0 Å². The molecule has 0 radical (unpaired) electrons. The van der Waals surface area contributed by atoms with Gasteiger partial charge in [0.1, 0.15) is 12.4 Å². The van der Waals surface area contributed by atoms with Crippen molar-refractivity contribution >= 4 is 29.0 Å². The van der Waals surface area contributed by atoms with Crippen molar-refractivity contribution in [3.63, 3.8) is 0 Å². The molecule has 1 aromatic carbocycles. The normalized spacial score (nSPS) is 17.3. The number of benzene rings is 1. The lowest BCUT2D eigenvalue weighted by molar-refractivity contribution is 0.0852. The molecule has 10 nitrogen and oxygen atoms in total. The fourth-order valence-corrected chi connectivity index (χ4v) is 4.79. The fraction of sp³-hybridized carbons (Fsp3) is 0.333. The van der Waals surface area contributed by atoms with Gasteiger partial charge in [0.05, 0.1) is 48.2 Å². The molecule has 0 atom stereocenters. The number of carbonyl (C=O) groups excluding carboxylic acids is 1. The molecular weight excluding hydrogens is 470 g/mol. The molecule has 0 saturated carbocycles. The Morgan fingerprint density at radius 2 is 2.03 bits per heavy atom. The maximum Gasteiger partial charge on any atom is 0.251 e. The number of aryl methyl sites for hydroxylation is 1. The first kappa shape index (κ1) is 23.4. The minimum absolute atomic E-state index is 0.0744. The quantitative estimate of drug-likeness (QED) is 0.388. The van der Waals surface area contributed by atoms with Crippen LogP contribution >= 0.6 is 0 Å². The molecule has 3 aromatic heterocycles. The second-order valence-corrected chi connectivity index (χ2v) is 9.34. The number of nitrogens with one attached hydrogen (secondary N) is 3. The van der Waals surface area contributed by atoms with Crippen LogP contribution in [0, 0.1) is 0 Å². The van der Waals surface area contributed by atoms with Crippen molar-refractivity contribution in [2.45, 2.75) is 25.5 Å². The van der Waals surface area contributed by atoms with Crippen LogP contribution in [0.15, 0.2) is 36.7 Å². The fourth-order valence-electron chi connectivity index (χ4n) is 4.79. The summed E-state index contributed by atoms with van der Waals surface area (Å²) in [5.74, 6) is 0.603. The van der Waals surface area contributed by atoms with E-state index in [1.807, 2.05) is 54.3 Å². The number of aromatic nitrogens is 5. The lowest BCUT2D eigenvalue weighted by atomic mass is 10.0. The Hall–Kier alpha value is -4.02. The minimum Gasteiger partial charge on any atom is -0.491 e. The number of H-pyrrole nitrogens is 1. The van der Waals surface area contributed by atoms with Crippen molar-refractivity contribution in [2.24, 2.45) is 7.05 Å². The molecule has 1 fully saturated rings. The van der Waals surface area contributed by atoms with Crippen LogP contribution in [0.25, 0.3) is 34.3 Å². The van der Waals surface area contributed by atoms with Gasteiger partial charge in [0.2, 0.25) is 0 Å². The summed E-state index contributed by atoms with van der Waals surface area (Å²) in [4.78, 5) is 17.6. The zero-order chi connectivity index (χ0) is 25.2. The van der Waals surface area contributed by atoms with E-state index >= 15 is 0 Å². The number of nitrogens with zero attached hydrogens (tertiary/aromatic N) is 4. The first-order valence-electron chi connectivity index (χ1n) is 12.6. The molecule has 10 heteroatoms. The second kappa shape index (κ2) is 10.2. The highest BCUT2D eigenvalue weighted by molar-refractivity contribution is 5.96. The minimum atomic E-state index is -0.0744. The zero-order valence-electron chi connectivity index (χ0n) is 20.7. The van der Waals surface area contributed by atoms with E-state index in [1.54, 1.807) is 6.20 Å². The van der Waals surface area contributed by atoms with Gasteiger partial charge in [-0.1, -0.05) is 0 Å². The lowest BCUT2D eigenvalue weighted by Gasteiger charge is -2.23. The van der Waals surface area contributed by atoms with Gasteiger partial charge in [0.15, 0.2) is 0 Å². The van der Waals surface area contributed by atoms with Crippen molar-refractivity contribution in [3.8, 4) is 17.0 Å². The lowest BCUT2D eigenvalue weighted by Crippen LogP contribution is -2.42. The van der Waals surface area contributed by atoms with Crippen LogP contribution in [0.1, 0.15) is 40.2 Å². The number of pyridine rings is 1. The van der Waals surface area contributed by atoms with Gasteiger partial charge < -0.3 is 20.1 Å². The predicted molar refractivity (Wildman–Crippen MR) is 140 cm³/mol. The Morgan fingerprint density at radius 3 is 2.92 bits per heavy atom. The van der Waals surface area contributed by atoms with Crippen molar-refractivity contribution < 1.29 is 14.3 Å². The summed E-state index contributed by atoms with van der Waals surface area (Å²) in [7, 11) is 1.90. The summed E-state index contributed by atoms with van der Waals surface area (Å²) >= 11 is 0. The number of amides is 1. The highest BCUT2D eigenvalue weighted by atomic mass is 16.5. The number of carbonyl (C=O) groups is 1. The molecule has 4 aromatic rings. The maximum atomic E-state index is 13.0. The Bertz CT molecular complexity index is 1470. The Kier molecular flexibility index (Phi) is 6.42. The molecule has 2 aliphatic rings. The molecule has 3 N–H and O–H groups in total. The molecule has 2 aliphatic heterocycles. The van der Waals surface area contributed by atoms with Crippen LogP contribution in [0.3, 0.4) is 0 Å². The first-order valence-corrected chi connectivity index (χ1v) is 12.6. The van der Waals surface area contributed by atoms with E-state index in [4.69, 9.17) is 9.47 Å². The Balaban J connectivity index is 1.36. The highest BCUT2D eigenvalue weighted by Gasteiger charge is 2.18. The monoisotopic (exact) mass is 499 g/mol. The average molecular weight is 500 g/mol. The molecule has 0 unspecified atom stereocenters. The van der Waals surface area contributed by atoms with Crippen molar-refractivity contribution in [1.82, 2.24) is 35.6 Å². The van der Waals surface area contributed by atoms with E-state index in [2.05, 4.69) is 30.9 Å². The van der Waals surface area contributed by atoms with Crippen LogP contribution < -0.4 is 15.4 Å². The molecule has 2 bridgehead atoms. The molecule has 1 saturated heterocycles. The second-order valence-electron chi connectivity index (χ2n) is 9.34. The number of hydrogen-bond donors (Lipinski definition) is 3. The van der Waals surface area contributed by atoms with Crippen LogP contribution in [0.4, 0.5) is 0 Å². The predicted octanol–water partition coefficient (Wildman–Crippen LogP) is 2.92. The van der Waals surface area contributed by atoms with E-state index in [9.17, 15) is 4.79 Å². The van der Waals surface area contributed by atoms with E-state index in [-0.39, 0.29) is 11.9 Å². The van der Waals surface area contributed by atoms with Gasteiger partial charge in [0.25, 0.3) is 5.91 Å². The maximum absolute atomic E-state index is 13.0. The topological polar surface area (TPSA) is 119 Å². The smallest absolute Gasteiger partial charge is 0.251 e. The van der Waals surface area contributed by atoms with Crippen LogP contribution in [-0.2, 0) is 18.4 Å². The molecule has 5 heterocycles. The van der Waals surface area contributed by atoms with Crippen LogP contribution in [-0.4, -0.2) is 63.2 Å². The number of ether oxygens (including phenoxy) is 2. The number of aromatic amines is 1. The van der Waals surface area contributed by atoms with Gasteiger partial charge >= 0.3 is 0 Å². The molecule has 1 amide bonds. The summed E-state index contributed by atoms with van der Waals surface area (Å²) in [5, 5.41) is 19.4. The summed E-state index contributed by atoms with van der Waals surface area (Å²) in [5.41, 5.74) is 5.66. The van der Waals surface area contributed by atoms with Gasteiger partial charge in [-0.3, -0.25) is 19.6 Å². The molecule has 0 aliphatic carbocycles. The van der Waals surface area contributed by atoms with E-state index in [0.717, 1.165) is 65.0 Å². The standard InChI is InChI=1S/C27H29N7O3/c1-34-25-16-36-10-11-37-26-5-3-18(27(35)31-19-6-8-28-9-7-19)12-17(26)2-4-22-20-13-23(21(25)14-30-34)29-15-24(20)33-32-22/h2-5,12-15,19,28H,6-11,16H2,1H3,(H,31,35)(H,32,33)/b4-2+. The summed E-state index contributed by atoms with van der Waals surface area (Å²) in [6, 6.07) is 7.72. The summed E-state index contributed by atoms with van der Waals surface area (Å²) in [6.45, 7) is 3.00. The summed E-state index contributed by atoms with van der Waals surface area (Å²) in [6.07, 6.45) is 9.32. The van der Waals surface area contributed by atoms with Crippen molar-refractivity contribution in [2.75, 3.05) is 26.3 Å². The Labute approximate surface area is 214 Å². The van der Waals surface area contributed by atoms with E-state index in [0.29, 0.717) is 31.1 Å². The highest BCUT2D eigenvalue weighted by Crippen LogP contribution is 2.28. The number of hydrogen-bond acceptors (Lipinski definition) is 7. The van der Waals surface area contributed by atoms with Gasteiger partial charge in [-0.25, -0.2) is 0 Å². The SMILES string of the molecule is Cn1ncc2c1COCCOc1ccc(C(=O)NC3CCNCC3)cc1/C=C/c1n[nH]c3cnc-2cc13. The molecule has 37 heavy (non-hydrogen) atoms. The zero-order valence-corrected chi connectivity index (χ0v) is 20.7. The number of rotatable bonds is 2. The van der Waals surface area contributed by atoms with Crippen molar-refractivity contribution in [3.05, 3.63) is 59.2 Å². The summed E-state index contributed by atoms with van der Waals surface area (Å²) < 4.78 is 13.8. The van der Waals surface area contributed by atoms with Gasteiger partial charge in [0, 0.05) is 35.2 Å².